The van der Waals surface area contributed by atoms with E-state index in [1.807, 2.05) is 22.7 Å². The van der Waals surface area contributed by atoms with Gasteiger partial charge in [0.1, 0.15) is 0 Å². The Bertz CT molecular complexity index is 3150. The Kier molecular flexibility index (Phi) is 8.28. The van der Waals surface area contributed by atoms with Crippen molar-refractivity contribution in [3.63, 3.8) is 0 Å². The van der Waals surface area contributed by atoms with Gasteiger partial charge in [0, 0.05) is 52.6 Å². The second kappa shape index (κ2) is 14.1. The summed E-state index contributed by atoms with van der Waals surface area (Å²) in [6.07, 6.45) is 0. The lowest BCUT2D eigenvalue weighted by atomic mass is 9.86. The van der Waals surface area contributed by atoms with Crippen LogP contribution in [0.3, 0.4) is 0 Å². The van der Waals surface area contributed by atoms with Crippen LogP contribution in [0.1, 0.15) is 0 Å². The molecule has 1 nitrogen and oxygen atoms in total. The molecule has 0 aliphatic rings. The summed E-state index contributed by atoms with van der Waals surface area (Å²) in [5, 5.41) is 5.17. The molecule has 0 atom stereocenters. The molecule has 0 unspecified atom stereocenters. The normalized spacial score (nSPS) is 11.5. The number of anilines is 3. The highest BCUT2D eigenvalue weighted by Gasteiger charge is 2.24. The van der Waals surface area contributed by atoms with Crippen molar-refractivity contribution in [3.05, 3.63) is 212 Å². The summed E-state index contributed by atoms with van der Waals surface area (Å²) in [7, 11) is 0. The summed E-state index contributed by atoms with van der Waals surface area (Å²) in [5.74, 6) is 0. The summed E-state index contributed by atoms with van der Waals surface area (Å²) in [5.41, 5.74) is 13.1. The first-order valence-corrected chi connectivity index (χ1v) is 21.0. The zero-order valence-electron chi connectivity index (χ0n) is 31.0. The summed E-state index contributed by atoms with van der Waals surface area (Å²) in [6.45, 7) is 0. The number of hydrogen-bond donors (Lipinski definition) is 0. The quantitative estimate of drug-likeness (QED) is 0.156. The van der Waals surface area contributed by atoms with Crippen molar-refractivity contribution in [1.29, 1.82) is 0 Å². The average Bonchev–Trinajstić information content (AvgIpc) is 3.87. The largest absolute Gasteiger partial charge is 0.309 e. The Balaban J connectivity index is 1.23. The zero-order valence-corrected chi connectivity index (χ0v) is 32.6. The first-order valence-electron chi connectivity index (χ1n) is 19.3. The van der Waals surface area contributed by atoms with Crippen LogP contribution in [0.5, 0.6) is 0 Å². The van der Waals surface area contributed by atoms with Gasteiger partial charge in [-0.2, -0.15) is 0 Å². The molecule has 268 valence electrons. The molecule has 0 amide bonds. The van der Waals surface area contributed by atoms with Gasteiger partial charge in [-0.25, -0.2) is 0 Å². The van der Waals surface area contributed by atoms with Crippen LogP contribution in [0.2, 0.25) is 0 Å². The van der Waals surface area contributed by atoms with E-state index in [4.69, 9.17) is 0 Å². The SMILES string of the molecule is c1ccc(-c2ccc(N(c3cc(-c4ccccc4)c(-c4cccc5c4sc4ccccc45)c(-c4ccccc4)c3)c3cccc4c3sc3ccccc34)cc2)cc1. The first-order chi connectivity index (χ1) is 28.3. The van der Waals surface area contributed by atoms with Crippen molar-refractivity contribution in [2.75, 3.05) is 4.90 Å². The van der Waals surface area contributed by atoms with Crippen LogP contribution >= 0.6 is 22.7 Å². The maximum Gasteiger partial charge on any atom is 0.0640 e. The molecular weight excluding hydrogens is 727 g/mol. The van der Waals surface area contributed by atoms with Gasteiger partial charge in [0.15, 0.2) is 0 Å². The van der Waals surface area contributed by atoms with Crippen molar-refractivity contribution in [1.82, 2.24) is 0 Å². The lowest BCUT2D eigenvalue weighted by Gasteiger charge is -2.29. The van der Waals surface area contributed by atoms with Crippen LogP contribution in [-0.4, -0.2) is 0 Å². The van der Waals surface area contributed by atoms with E-state index in [0.717, 1.165) is 11.4 Å². The Morgan fingerprint density at radius 2 is 0.754 bits per heavy atom. The van der Waals surface area contributed by atoms with E-state index in [-0.39, 0.29) is 0 Å². The topological polar surface area (TPSA) is 3.24 Å². The fourth-order valence-corrected chi connectivity index (χ4v) is 10.9. The van der Waals surface area contributed by atoms with Gasteiger partial charge < -0.3 is 4.90 Å². The Hall–Kier alpha value is -6.78. The molecule has 9 aromatic carbocycles. The second-order valence-electron chi connectivity index (χ2n) is 14.4. The number of thiophene rings is 2. The fourth-order valence-electron chi connectivity index (χ4n) is 8.45. The maximum atomic E-state index is 2.48. The van der Waals surface area contributed by atoms with Crippen molar-refractivity contribution >= 4 is 80.1 Å². The zero-order chi connectivity index (χ0) is 37.7. The molecule has 0 aliphatic carbocycles. The predicted octanol–water partition coefficient (Wildman–Crippen LogP) is 16.6. The second-order valence-corrected chi connectivity index (χ2v) is 16.5. The summed E-state index contributed by atoms with van der Waals surface area (Å²) in [6, 6.07) is 77.7. The van der Waals surface area contributed by atoms with Gasteiger partial charge in [0.25, 0.3) is 0 Å². The van der Waals surface area contributed by atoms with Crippen molar-refractivity contribution in [2.24, 2.45) is 0 Å². The van der Waals surface area contributed by atoms with Gasteiger partial charge >= 0.3 is 0 Å². The van der Waals surface area contributed by atoms with Gasteiger partial charge in [0.2, 0.25) is 0 Å². The predicted molar refractivity (Wildman–Crippen MR) is 249 cm³/mol. The summed E-state index contributed by atoms with van der Waals surface area (Å²) in [4.78, 5) is 2.48. The third-order valence-corrected chi connectivity index (χ3v) is 13.5. The maximum absolute atomic E-state index is 2.48. The molecule has 3 heteroatoms. The standard InChI is InChI=1S/C54H35NS2/c1-4-16-36(17-5-1)37-30-32-40(33-31-37)55(49-27-15-25-45-43-23-11-13-29-51(43)57-54(45)49)41-34-47(38-18-6-2-7-19-38)52(48(35-41)39-20-8-3-9-21-39)46-26-14-24-44-42-22-10-12-28-50(42)56-53(44)46/h1-35H. The van der Waals surface area contributed by atoms with Crippen molar-refractivity contribution in [2.45, 2.75) is 0 Å². The van der Waals surface area contributed by atoms with Crippen LogP contribution in [0.25, 0.3) is 84.9 Å². The average molecular weight is 762 g/mol. The molecule has 11 rings (SSSR count). The van der Waals surface area contributed by atoms with E-state index in [1.165, 1.54) is 90.5 Å². The molecule has 2 aromatic heterocycles. The smallest absolute Gasteiger partial charge is 0.0640 e. The van der Waals surface area contributed by atoms with E-state index in [0.29, 0.717) is 0 Å². The highest BCUT2D eigenvalue weighted by molar-refractivity contribution is 7.26. The fraction of sp³-hybridized carbons (Fsp3) is 0. The molecule has 0 bridgehead atoms. The highest BCUT2D eigenvalue weighted by atomic mass is 32.1. The molecule has 0 N–H and O–H groups in total. The molecule has 0 aliphatic heterocycles. The van der Waals surface area contributed by atoms with Crippen LogP contribution in [0.15, 0.2) is 212 Å². The molecule has 0 saturated heterocycles. The van der Waals surface area contributed by atoms with E-state index < -0.39 is 0 Å². The van der Waals surface area contributed by atoms with Gasteiger partial charge in [-0.1, -0.05) is 170 Å². The van der Waals surface area contributed by atoms with Crippen LogP contribution in [0.4, 0.5) is 17.1 Å². The van der Waals surface area contributed by atoms with Crippen LogP contribution < -0.4 is 4.90 Å². The highest BCUT2D eigenvalue weighted by Crippen LogP contribution is 2.51. The van der Waals surface area contributed by atoms with E-state index >= 15 is 0 Å². The molecule has 11 aromatic rings. The van der Waals surface area contributed by atoms with Crippen molar-refractivity contribution < 1.29 is 0 Å². The summed E-state index contributed by atoms with van der Waals surface area (Å²) >= 11 is 3.76. The molecule has 2 heterocycles. The van der Waals surface area contributed by atoms with Gasteiger partial charge in [-0.3, -0.25) is 0 Å². The van der Waals surface area contributed by atoms with Crippen molar-refractivity contribution in [3.8, 4) is 44.5 Å². The van der Waals surface area contributed by atoms with Crippen LogP contribution in [0, 0.1) is 0 Å². The number of fused-ring (bicyclic) bond motifs is 6. The lowest BCUT2D eigenvalue weighted by molar-refractivity contribution is 1.30. The summed E-state index contributed by atoms with van der Waals surface area (Å²) < 4.78 is 5.18. The molecule has 57 heavy (non-hydrogen) atoms. The van der Waals surface area contributed by atoms with Gasteiger partial charge in [-0.05, 0) is 81.4 Å². The third kappa shape index (κ3) is 5.83. The Morgan fingerprint density at radius 3 is 1.35 bits per heavy atom. The minimum atomic E-state index is 1.11. The molecule has 0 fully saturated rings. The number of nitrogens with zero attached hydrogens (tertiary/aromatic N) is 1. The number of benzene rings is 9. The molecular formula is C54H35NS2. The third-order valence-electron chi connectivity index (χ3n) is 11.1. The molecule has 0 radical (unpaired) electrons. The lowest BCUT2D eigenvalue weighted by Crippen LogP contribution is -2.11. The van der Waals surface area contributed by atoms with Gasteiger partial charge in [-0.15, -0.1) is 22.7 Å². The van der Waals surface area contributed by atoms with Gasteiger partial charge in [0.05, 0.1) is 10.4 Å². The van der Waals surface area contributed by atoms with Crippen LogP contribution in [-0.2, 0) is 0 Å². The molecule has 0 saturated carbocycles. The Morgan fingerprint density at radius 1 is 0.298 bits per heavy atom. The minimum absolute atomic E-state index is 1.11. The monoisotopic (exact) mass is 761 g/mol. The number of rotatable bonds is 7. The van der Waals surface area contributed by atoms with E-state index in [2.05, 4.69) is 217 Å². The number of hydrogen-bond acceptors (Lipinski definition) is 3. The van der Waals surface area contributed by atoms with E-state index in [9.17, 15) is 0 Å². The Labute approximate surface area is 340 Å². The minimum Gasteiger partial charge on any atom is -0.309 e. The van der Waals surface area contributed by atoms with E-state index in [1.54, 1.807) is 0 Å². The molecule has 0 spiro atoms. The first kappa shape index (κ1) is 33.5.